The van der Waals surface area contributed by atoms with E-state index in [9.17, 15) is 5.11 Å². The summed E-state index contributed by atoms with van der Waals surface area (Å²) in [4.78, 5) is 12.7. The number of hydrogen-bond acceptors (Lipinski definition) is 5. The van der Waals surface area contributed by atoms with Crippen LogP contribution in [0.15, 0.2) is 33.9 Å². The zero-order valence-electron chi connectivity index (χ0n) is 14.1. The second-order valence-corrected chi connectivity index (χ2v) is 5.12. The van der Waals surface area contributed by atoms with Crippen molar-refractivity contribution in [2.24, 2.45) is 4.99 Å². The molecule has 0 bridgehead atoms. The lowest BCUT2D eigenvalue weighted by Gasteiger charge is -2.15. The molecule has 132 valence electrons. The average Bonchev–Trinajstić information content (AvgIpc) is 2.89. The van der Waals surface area contributed by atoms with Gasteiger partial charge in [0.2, 0.25) is 5.89 Å². The highest BCUT2D eigenvalue weighted by molar-refractivity contribution is 14.0. The molecule has 2 aromatic rings. The molecule has 1 atom stereocenters. The summed E-state index contributed by atoms with van der Waals surface area (Å²) in [6, 6.07) is 3.57. The van der Waals surface area contributed by atoms with Crippen molar-refractivity contribution in [3.8, 4) is 0 Å². The molecular weight excluding hydrogens is 421 g/mol. The predicted octanol–water partition coefficient (Wildman–Crippen LogP) is 2.09. The van der Waals surface area contributed by atoms with Crippen molar-refractivity contribution >= 4 is 29.9 Å². The van der Waals surface area contributed by atoms with E-state index in [1.54, 1.807) is 24.5 Å². The Bertz CT molecular complexity index is 626. The van der Waals surface area contributed by atoms with Gasteiger partial charge in [-0.15, -0.1) is 24.0 Å². The quantitative estimate of drug-likeness (QED) is 0.358. The average molecular weight is 445 g/mol. The molecule has 1 unspecified atom stereocenters. The van der Waals surface area contributed by atoms with E-state index in [1.807, 2.05) is 20.8 Å². The molecule has 0 fully saturated rings. The molecule has 0 radical (unpaired) electrons. The molecule has 7 nitrogen and oxygen atoms in total. The van der Waals surface area contributed by atoms with Crippen LogP contribution in [0.3, 0.4) is 0 Å². The normalized spacial score (nSPS) is 12.4. The minimum Gasteiger partial charge on any atom is -0.444 e. The van der Waals surface area contributed by atoms with Gasteiger partial charge in [-0.05, 0) is 38.5 Å². The van der Waals surface area contributed by atoms with Crippen LogP contribution in [-0.2, 0) is 6.54 Å². The molecule has 2 rings (SSSR count). The summed E-state index contributed by atoms with van der Waals surface area (Å²) < 4.78 is 5.51. The molecule has 3 N–H and O–H groups in total. The van der Waals surface area contributed by atoms with Gasteiger partial charge in [-0.3, -0.25) is 4.98 Å². The first kappa shape index (κ1) is 20.4. The van der Waals surface area contributed by atoms with Crippen molar-refractivity contribution in [1.82, 2.24) is 20.6 Å². The summed E-state index contributed by atoms with van der Waals surface area (Å²) in [5.74, 6) is 1.99. The van der Waals surface area contributed by atoms with Gasteiger partial charge in [-0.2, -0.15) is 0 Å². The predicted molar refractivity (Wildman–Crippen MR) is 103 cm³/mol. The number of aromatic nitrogens is 2. The second-order valence-electron chi connectivity index (χ2n) is 5.12. The summed E-state index contributed by atoms with van der Waals surface area (Å²) in [6.07, 6.45) is 2.68. The third-order valence-corrected chi connectivity index (χ3v) is 3.34. The highest BCUT2D eigenvalue weighted by atomic mass is 127. The van der Waals surface area contributed by atoms with Crippen LogP contribution in [0.4, 0.5) is 0 Å². The zero-order valence-corrected chi connectivity index (χ0v) is 16.4. The number of aliphatic imine (C=N–C) groups is 1. The number of rotatable bonds is 6. The maximum absolute atomic E-state index is 10.2. The molecule has 0 spiro atoms. The monoisotopic (exact) mass is 445 g/mol. The highest BCUT2D eigenvalue weighted by Crippen LogP contribution is 2.10. The molecule has 0 aliphatic rings. The Morgan fingerprint density at radius 2 is 2.00 bits per heavy atom. The number of oxazole rings is 1. The molecule has 8 heteroatoms. The first-order chi connectivity index (χ1) is 11.1. The van der Waals surface area contributed by atoms with E-state index >= 15 is 0 Å². The van der Waals surface area contributed by atoms with Gasteiger partial charge >= 0.3 is 0 Å². The molecule has 2 heterocycles. The highest BCUT2D eigenvalue weighted by Gasteiger charge is 2.09. The number of aliphatic hydroxyl groups is 1. The topological polar surface area (TPSA) is 95.6 Å². The third kappa shape index (κ3) is 6.08. The van der Waals surface area contributed by atoms with Gasteiger partial charge in [0.05, 0.1) is 11.8 Å². The SMILES string of the molecule is CCNC(=NCc1nc(C)c(C)o1)NCC(O)c1ccncc1.I. The fraction of sp³-hybridized carbons (Fsp3) is 0.438. The van der Waals surface area contributed by atoms with Crippen molar-refractivity contribution < 1.29 is 9.52 Å². The Kier molecular flexibility index (Phi) is 8.69. The largest absolute Gasteiger partial charge is 0.444 e. The third-order valence-electron chi connectivity index (χ3n) is 3.34. The van der Waals surface area contributed by atoms with Gasteiger partial charge < -0.3 is 20.2 Å². The molecule has 0 aliphatic carbocycles. The Morgan fingerprint density at radius 1 is 1.29 bits per heavy atom. The van der Waals surface area contributed by atoms with Crippen molar-refractivity contribution in [3.63, 3.8) is 0 Å². The van der Waals surface area contributed by atoms with E-state index in [0.717, 1.165) is 23.6 Å². The molecule has 0 saturated heterocycles. The van der Waals surface area contributed by atoms with E-state index in [1.165, 1.54) is 0 Å². The van der Waals surface area contributed by atoms with Crippen LogP contribution >= 0.6 is 24.0 Å². The van der Waals surface area contributed by atoms with Crippen LogP contribution in [0.25, 0.3) is 0 Å². The van der Waals surface area contributed by atoms with E-state index in [0.29, 0.717) is 24.9 Å². The van der Waals surface area contributed by atoms with Gasteiger partial charge in [0.1, 0.15) is 12.3 Å². The van der Waals surface area contributed by atoms with Crippen LogP contribution in [-0.4, -0.2) is 34.1 Å². The second kappa shape index (κ2) is 10.2. The van der Waals surface area contributed by atoms with Crippen molar-refractivity contribution in [2.75, 3.05) is 13.1 Å². The van der Waals surface area contributed by atoms with Crippen molar-refractivity contribution in [3.05, 3.63) is 47.4 Å². The Morgan fingerprint density at radius 3 is 2.58 bits per heavy atom. The summed E-state index contributed by atoms with van der Waals surface area (Å²) >= 11 is 0. The molecular formula is C16H24IN5O2. The van der Waals surface area contributed by atoms with E-state index in [2.05, 4.69) is 25.6 Å². The lowest BCUT2D eigenvalue weighted by atomic mass is 10.1. The fourth-order valence-corrected chi connectivity index (χ4v) is 1.99. The van der Waals surface area contributed by atoms with Crippen LogP contribution in [0.1, 0.15) is 35.9 Å². The Hall–Kier alpha value is -1.68. The molecule has 2 aromatic heterocycles. The standard InChI is InChI=1S/C16H23N5O2.HI/c1-4-18-16(20-10-15-21-11(2)12(3)23-15)19-9-14(22)13-5-7-17-8-6-13;/h5-8,14,22H,4,9-10H2,1-3H3,(H2,18,19,20);1H. The number of aliphatic hydroxyl groups excluding tert-OH is 1. The molecule has 0 aliphatic heterocycles. The summed E-state index contributed by atoms with van der Waals surface area (Å²) in [6.45, 7) is 7.18. The molecule has 0 amide bonds. The molecule has 0 aromatic carbocycles. The first-order valence-electron chi connectivity index (χ1n) is 7.63. The van der Waals surface area contributed by atoms with Gasteiger partial charge in [0.15, 0.2) is 5.96 Å². The minimum atomic E-state index is -0.631. The Balaban J connectivity index is 0.00000288. The number of nitrogens with zero attached hydrogens (tertiary/aromatic N) is 3. The maximum Gasteiger partial charge on any atom is 0.216 e. The number of pyridine rings is 1. The minimum absolute atomic E-state index is 0. The maximum atomic E-state index is 10.2. The summed E-state index contributed by atoms with van der Waals surface area (Å²) in [5, 5.41) is 16.4. The summed E-state index contributed by atoms with van der Waals surface area (Å²) in [7, 11) is 0. The number of hydrogen-bond donors (Lipinski definition) is 3. The first-order valence-corrected chi connectivity index (χ1v) is 7.63. The van der Waals surface area contributed by atoms with Gasteiger partial charge in [-0.25, -0.2) is 9.98 Å². The van der Waals surface area contributed by atoms with E-state index in [4.69, 9.17) is 4.42 Å². The smallest absolute Gasteiger partial charge is 0.216 e. The van der Waals surface area contributed by atoms with Gasteiger partial charge in [0.25, 0.3) is 0 Å². The van der Waals surface area contributed by atoms with Crippen molar-refractivity contribution in [2.45, 2.75) is 33.4 Å². The van der Waals surface area contributed by atoms with Gasteiger partial charge in [-0.1, -0.05) is 0 Å². The van der Waals surface area contributed by atoms with Crippen LogP contribution in [0, 0.1) is 13.8 Å². The number of aryl methyl sites for hydroxylation is 2. The number of nitrogens with one attached hydrogen (secondary N) is 2. The number of guanidine groups is 1. The fourth-order valence-electron chi connectivity index (χ4n) is 1.99. The van der Waals surface area contributed by atoms with E-state index < -0.39 is 6.10 Å². The van der Waals surface area contributed by atoms with Crippen LogP contribution in [0.2, 0.25) is 0 Å². The van der Waals surface area contributed by atoms with Crippen molar-refractivity contribution in [1.29, 1.82) is 0 Å². The molecule has 24 heavy (non-hydrogen) atoms. The lowest BCUT2D eigenvalue weighted by molar-refractivity contribution is 0.180. The van der Waals surface area contributed by atoms with Gasteiger partial charge in [0, 0.05) is 25.5 Å². The van der Waals surface area contributed by atoms with Crippen LogP contribution < -0.4 is 10.6 Å². The van der Waals surface area contributed by atoms with E-state index in [-0.39, 0.29) is 24.0 Å². The zero-order chi connectivity index (χ0) is 16.7. The summed E-state index contributed by atoms with van der Waals surface area (Å²) in [5.41, 5.74) is 1.68. The van der Waals surface area contributed by atoms with Crippen LogP contribution in [0.5, 0.6) is 0 Å². The number of halogens is 1. The lowest BCUT2D eigenvalue weighted by Crippen LogP contribution is -2.39. The molecule has 0 saturated carbocycles. The Labute approximate surface area is 159 Å².